The van der Waals surface area contributed by atoms with Crippen molar-refractivity contribution in [2.45, 2.75) is 97.3 Å². The number of halogens is 2. The zero-order valence-corrected chi connectivity index (χ0v) is 23.1. The SMILES string of the molecule is CCCCC(CC)CC1(CC(CC)CCCC)c2ccc(Br)cc2-c2cc(Br)ccc21. The number of hydrogen-bond donors (Lipinski definition) is 0. The first-order valence-corrected chi connectivity index (χ1v) is 14.2. The molecule has 0 bridgehead atoms. The van der Waals surface area contributed by atoms with Crippen molar-refractivity contribution in [2.75, 3.05) is 0 Å². The smallest absolute Gasteiger partial charge is 0.0220 e. The van der Waals surface area contributed by atoms with Gasteiger partial charge in [0.05, 0.1) is 0 Å². The molecule has 2 atom stereocenters. The molecule has 0 radical (unpaired) electrons. The van der Waals surface area contributed by atoms with Gasteiger partial charge in [-0.05, 0) is 71.2 Å². The van der Waals surface area contributed by atoms with Gasteiger partial charge in [-0.1, -0.05) is 123 Å². The Balaban J connectivity index is 2.15. The monoisotopic (exact) mass is 546 g/mol. The first-order chi connectivity index (χ1) is 15.0. The Morgan fingerprint density at radius 2 is 1.10 bits per heavy atom. The molecule has 2 aromatic rings. The third-order valence-corrected chi connectivity index (χ3v) is 8.63. The van der Waals surface area contributed by atoms with Crippen LogP contribution in [0, 0.1) is 11.8 Å². The molecule has 0 N–H and O–H groups in total. The summed E-state index contributed by atoms with van der Waals surface area (Å²) in [6.45, 7) is 9.47. The molecule has 170 valence electrons. The molecule has 0 aliphatic heterocycles. The van der Waals surface area contributed by atoms with Crippen LogP contribution in [-0.2, 0) is 5.41 Å². The van der Waals surface area contributed by atoms with E-state index in [0.717, 1.165) is 11.8 Å². The summed E-state index contributed by atoms with van der Waals surface area (Å²) in [6.07, 6.45) is 13.1. The molecule has 31 heavy (non-hydrogen) atoms. The molecule has 3 rings (SSSR count). The molecule has 1 aliphatic carbocycles. The van der Waals surface area contributed by atoms with Gasteiger partial charge in [0.25, 0.3) is 0 Å². The third-order valence-electron chi connectivity index (χ3n) is 7.65. The average Bonchev–Trinajstić information content (AvgIpc) is 3.02. The van der Waals surface area contributed by atoms with Crippen LogP contribution in [0.5, 0.6) is 0 Å². The van der Waals surface area contributed by atoms with E-state index in [2.05, 4.69) is 96.0 Å². The van der Waals surface area contributed by atoms with Gasteiger partial charge in [-0.3, -0.25) is 0 Å². The highest BCUT2D eigenvalue weighted by molar-refractivity contribution is 9.10. The van der Waals surface area contributed by atoms with E-state index in [4.69, 9.17) is 0 Å². The molecule has 2 unspecified atom stereocenters. The first-order valence-electron chi connectivity index (χ1n) is 12.6. The van der Waals surface area contributed by atoms with E-state index >= 15 is 0 Å². The second-order valence-corrected chi connectivity index (χ2v) is 11.5. The third kappa shape index (κ3) is 5.49. The van der Waals surface area contributed by atoms with Gasteiger partial charge in [0.15, 0.2) is 0 Å². The Bertz CT molecular complexity index is 782. The Hall–Kier alpha value is -0.600. The summed E-state index contributed by atoms with van der Waals surface area (Å²) in [5.41, 5.74) is 6.19. The lowest BCUT2D eigenvalue weighted by atomic mass is 9.65. The summed E-state index contributed by atoms with van der Waals surface area (Å²) >= 11 is 7.52. The average molecular weight is 548 g/mol. The molecular formula is C29H40Br2. The van der Waals surface area contributed by atoms with E-state index in [-0.39, 0.29) is 5.41 Å². The van der Waals surface area contributed by atoms with Crippen LogP contribution < -0.4 is 0 Å². The molecule has 0 nitrogen and oxygen atoms in total. The van der Waals surface area contributed by atoms with Gasteiger partial charge < -0.3 is 0 Å². The van der Waals surface area contributed by atoms with E-state index < -0.39 is 0 Å². The van der Waals surface area contributed by atoms with Crippen molar-refractivity contribution in [3.8, 4) is 11.1 Å². The van der Waals surface area contributed by atoms with Crippen molar-refractivity contribution in [1.82, 2.24) is 0 Å². The van der Waals surface area contributed by atoms with Crippen molar-refractivity contribution in [3.63, 3.8) is 0 Å². The maximum atomic E-state index is 3.76. The maximum Gasteiger partial charge on any atom is 0.0220 e. The largest absolute Gasteiger partial charge is 0.0654 e. The fourth-order valence-electron chi connectivity index (χ4n) is 5.85. The predicted molar refractivity (Wildman–Crippen MR) is 144 cm³/mol. The highest BCUT2D eigenvalue weighted by Gasteiger charge is 2.45. The molecule has 0 fully saturated rings. The minimum atomic E-state index is 0.148. The van der Waals surface area contributed by atoms with Gasteiger partial charge in [-0.2, -0.15) is 0 Å². The van der Waals surface area contributed by atoms with Crippen LogP contribution in [0.2, 0.25) is 0 Å². The summed E-state index contributed by atoms with van der Waals surface area (Å²) in [4.78, 5) is 0. The number of fused-ring (bicyclic) bond motifs is 3. The molecule has 0 spiro atoms. The molecule has 2 heteroatoms. The number of benzene rings is 2. The maximum absolute atomic E-state index is 3.76. The van der Waals surface area contributed by atoms with E-state index in [1.54, 1.807) is 11.1 Å². The quantitative estimate of drug-likeness (QED) is 0.248. The molecule has 2 aromatic carbocycles. The minimum absolute atomic E-state index is 0.148. The number of hydrogen-bond acceptors (Lipinski definition) is 0. The summed E-state index contributed by atoms with van der Waals surface area (Å²) in [7, 11) is 0. The number of rotatable bonds is 12. The molecule has 0 amide bonds. The Kier molecular flexibility index (Phi) is 9.29. The molecule has 0 saturated carbocycles. The van der Waals surface area contributed by atoms with Crippen molar-refractivity contribution in [2.24, 2.45) is 11.8 Å². The highest BCUT2D eigenvalue weighted by Crippen LogP contribution is 2.57. The Morgan fingerprint density at radius 1 is 0.677 bits per heavy atom. The van der Waals surface area contributed by atoms with E-state index in [1.165, 1.54) is 84.3 Å². The van der Waals surface area contributed by atoms with Gasteiger partial charge >= 0.3 is 0 Å². The molecular weight excluding hydrogens is 508 g/mol. The van der Waals surface area contributed by atoms with Crippen molar-refractivity contribution < 1.29 is 0 Å². The second-order valence-electron chi connectivity index (χ2n) is 9.70. The zero-order valence-electron chi connectivity index (χ0n) is 19.9. The van der Waals surface area contributed by atoms with Crippen LogP contribution in [0.4, 0.5) is 0 Å². The van der Waals surface area contributed by atoms with Gasteiger partial charge in [0.1, 0.15) is 0 Å². The van der Waals surface area contributed by atoms with Crippen molar-refractivity contribution >= 4 is 31.9 Å². The van der Waals surface area contributed by atoms with Crippen molar-refractivity contribution in [3.05, 3.63) is 56.5 Å². The minimum Gasteiger partial charge on any atom is -0.0654 e. The van der Waals surface area contributed by atoms with Crippen LogP contribution in [0.1, 0.15) is 103 Å². The number of unbranched alkanes of at least 4 members (excludes halogenated alkanes) is 2. The lowest BCUT2D eigenvalue weighted by Gasteiger charge is -2.38. The van der Waals surface area contributed by atoms with E-state index in [9.17, 15) is 0 Å². The van der Waals surface area contributed by atoms with Crippen LogP contribution in [0.25, 0.3) is 11.1 Å². The first kappa shape index (κ1) is 25.0. The van der Waals surface area contributed by atoms with Gasteiger partial charge in [0, 0.05) is 14.4 Å². The van der Waals surface area contributed by atoms with Crippen molar-refractivity contribution in [1.29, 1.82) is 0 Å². The summed E-state index contributed by atoms with van der Waals surface area (Å²) < 4.78 is 2.37. The lowest BCUT2D eigenvalue weighted by Crippen LogP contribution is -2.31. The zero-order chi connectivity index (χ0) is 22.4. The fourth-order valence-corrected chi connectivity index (χ4v) is 6.58. The van der Waals surface area contributed by atoms with Crippen LogP contribution in [0.3, 0.4) is 0 Å². The van der Waals surface area contributed by atoms with Crippen LogP contribution >= 0.6 is 31.9 Å². The van der Waals surface area contributed by atoms with Crippen LogP contribution in [0.15, 0.2) is 45.3 Å². The van der Waals surface area contributed by atoms with Gasteiger partial charge in [0.2, 0.25) is 0 Å². The summed E-state index contributed by atoms with van der Waals surface area (Å²) in [5.74, 6) is 1.57. The molecule has 0 aromatic heterocycles. The Morgan fingerprint density at radius 3 is 1.45 bits per heavy atom. The molecule has 0 heterocycles. The van der Waals surface area contributed by atoms with Crippen LogP contribution in [-0.4, -0.2) is 0 Å². The highest BCUT2D eigenvalue weighted by atomic mass is 79.9. The standard InChI is InChI=1S/C29H40Br2/c1-5-9-11-21(7-3)19-29(20-22(8-4)12-10-6-2)27-15-13-23(30)17-25(27)26-18-24(31)14-16-28(26)29/h13-18,21-22H,5-12,19-20H2,1-4H3. The lowest BCUT2D eigenvalue weighted by molar-refractivity contribution is 0.266. The molecule has 0 saturated heterocycles. The predicted octanol–water partition coefficient (Wildman–Crippen LogP) is 10.7. The van der Waals surface area contributed by atoms with E-state index in [1.807, 2.05) is 0 Å². The topological polar surface area (TPSA) is 0 Å². The van der Waals surface area contributed by atoms with Gasteiger partial charge in [-0.25, -0.2) is 0 Å². The van der Waals surface area contributed by atoms with E-state index in [0.29, 0.717) is 0 Å². The summed E-state index contributed by atoms with van der Waals surface area (Å²) in [6, 6.07) is 14.1. The van der Waals surface area contributed by atoms with Gasteiger partial charge in [-0.15, -0.1) is 0 Å². The summed E-state index contributed by atoms with van der Waals surface area (Å²) in [5, 5.41) is 0. The fraction of sp³-hybridized carbons (Fsp3) is 0.586. The molecule has 1 aliphatic rings. The second kappa shape index (κ2) is 11.5. The normalized spacial score (nSPS) is 16.1. The Labute approximate surface area is 207 Å².